The second kappa shape index (κ2) is 7.60. The molecule has 0 aliphatic carbocycles. The second-order valence-electron chi connectivity index (χ2n) is 4.35. The fourth-order valence-corrected chi connectivity index (χ4v) is 2.25. The molecule has 1 unspecified atom stereocenters. The summed E-state index contributed by atoms with van der Waals surface area (Å²) in [7, 11) is 0. The molecule has 0 bridgehead atoms. The van der Waals surface area contributed by atoms with Gasteiger partial charge in [0.25, 0.3) is 0 Å². The molecule has 0 spiro atoms. The van der Waals surface area contributed by atoms with Crippen molar-refractivity contribution in [3.8, 4) is 17.6 Å². The number of benzene rings is 1. The first-order chi connectivity index (χ1) is 10.3. The smallest absolute Gasteiger partial charge is 0.179 e. The van der Waals surface area contributed by atoms with Crippen molar-refractivity contribution in [2.75, 3.05) is 26.3 Å². The minimum Gasteiger partial charge on any atom is -0.486 e. The van der Waals surface area contributed by atoms with E-state index in [1.165, 1.54) is 0 Å². The zero-order chi connectivity index (χ0) is 15.1. The lowest BCUT2D eigenvalue weighted by atomic mass is 10.1. The van der Waals surface area contributed by atoms with Gasteiger partial charge in [0, 0.05) is 11.5 Å². The lowest BCUT2D eigenvalue weighted by molar-refractivity contribution is 0.171. The average Bonchev–Trinajstić information content (AvgIpc) is 2.51. The van der Waals surface area contributed by atoms with Crippen LogP contribution in [0.5, 0.6) is 11.5 Å². The van der Waals surface area contributed by atoms with Crippen LogP contribution in [-0.4, -0.2) is 26.3 Å². The van der Waals surface area contributed by atoms with Gasteiger partial charge in [0.05, 0.1) is 11.1 Å². The van der Waals surface area contributed by atoms with Crippen molar-refractivity contribution in [2.45, 2.75) is 12.5 Å². The van der Waals surface area contributed by atoms with Gasteiger partial charge in [-0.1, -0.05) is 16.7 Å². The van der Waals surface area contributed by atoms with Gasteiger partial charge in [-0.15, -0.1) is 0 Å². The maximum Gasteiger partial charge on any atom is 0.179 e. The van der Waals surface area contributed by atoms with Crippen molar-refractivity contribution in [3.05, 3.63) is 33.2 Å². The van der Waals surface area contributed by atoms with Crippen molar-refractivity contribution in [1.29, 1.82) is 5.26 Å². The molecule has 0 amide bonds. The van der Waals surface area contributed by atoms with Crippen LogP contribution in [-0.2, 0) is 0 Å². The van der Waals surface area contributed by atoms with Gasteiger partial charge >= 0.3 is 0 Å². The Labute approximate surface area is 127 Å². The number of hydrogen-bond acceptors (Lipinski definition) is 5. The lowest BCUT2D eigenvalue weighted by Gasteiger charge is -2.21. The maximum absolute atomic E-state index is 9.27. The molecule has 1 atom stereocenters. The highest BCUT2D eigenvalue weighted by Gasteiger charge is 2.20. The number of ether oxygens (including phenoxy) is 2. The molecule has 1 aliphatic rings. The molecule has 1 N–H and O–H groups in total. The molecular formula is C13H14ClN5O2. The molecule has 0 fully saturated rings. The Balaban J connectivity index is 2.06. The normalized spacial score (nSPS) is 13.9. The molecule has 0 saturated carbocycles. The van der Waals surface area contributed by atoms with Crippen LogP contribution >= 0.6 is 11.6 Å². The summed E-state index contributed by atoms with van der Waals surface area (Å²) >= 11 is 6.15. The first-order valence-electron chi connectivity index (χ1n) is 6.49. The summed E-state index contributed by atoms with van der Waals surface area (Å²) in [6.07, 6.45) is 0.653. The molecule has 8 heteroatoms. The zero-order valence-electron chi connectivity index (χ0n) is 11.3. The number of hydrogen-bond donors (Lipinski definition) is 1. The number of halogens is 1. The summed E-state index contributed by atoms with van der Waals surface area (Å²) in [6.45, 7) is 1.88. The van der Waals surface area contributed by atoms with Crippen LogP contribution in [0.25, 0.3) is 10.4 Å². The second-order valence-corrected chi connectivity index (χ2v) is 4.76. The third-order valence-corrected chi connectivity index (χ3v) is 3.21. The summed E-state index contributed by atoms with van der Waals surface area (Å²) < 4.78 is 10.9. The molecule has 0 aromatic heterocycles. The van der Waals surface area contributed by atoms with Crippen LogP contribution in [0.15, 0.2) is 17.2 Å². The standard InChI is InChI=1S/C13H14ClN5O2/c14-10-6-9(7-12-13(10)21-5-4-20-12)11(8-15)17-2-1-3-18-19-16/h6-7,11,17H,1-5H2. The van der Waals surface area contributed by atoms with E-state index in [0.717, 1.165) is 5.56 Å². The van der Waals surface area contributed by atoms with E-state index in [-0.39, 0.29) is 0 Å². The number of nitrogens with zero attached hydrogens (tertiary/aromatic N) is 4. The Morgan fingerprint density at radius 2 is 2.29 bits per heavy atom. The zero-order valence-corrected chi connectivity index (χ0v) is 12.0. The third kappa shape index (κ3) is 3.92. The van der Waals surface area contributed by atoms with Crippen LogP contribution < -0.4 is 14.8 Å². The van der Waals surface area contributed by atoms with Crippen LogP contribution in [0.3, 0.4) is 0 Å². The SMILES string of the molecule is N#CC(NCCCN=[N+]=[N-])c1cc(Cl)c2c(c1)OCCO2. The van der Waals surface area contributed by atoms with Gasteiger partial charge < -0.3 is 9.47 Å². The number of fused-ring (bicyclic) bond motifs is 1. The first kappa shape index (κ1) is 15.3. The Hall–Kier alpha value is -2.13. The van der Waals surface area contributed by atoms with E-state index in [9.17, 15) is 5.26 Å². The molecule has 7 nitrogen and oxygen atoms in total. The van der Waals surface area contributed by atoms with Gasteiger partial charge in [-0.25, -0.2) is 0 Å². The summed E-state index contributed by atoms with van der Waals surface area (Å²) in [5.41, 5.74) is 8.91. The van der Waals surface area contributed by atoms with Crippen molar-refractivity contribution >= 4 is 11.6 Å². The van der Waals surface area contributed by atoms with Gasteiger partial charge in [0.1, 0.15) is 19.3 Å². The minimum atomic E-state index is -0.510. The van der Waals surface area contributed by atoms with E-state index < -0.39 is 6.04 Å². The Kier molecular flexibility index (Phi) is 5.52. The Morgan fingerprint density at radius 3 is 3.05 bits per heavy atom. The topological polar surface area (TPSA) is 103 Å². The van der Waals surface area contributed by atoms with E-state index in [0.29, 0.717) is 49.2 Å². The monoisotopic (exact) mass is 307 g/mol. The number of nitrogens with one attached hydrogen (secondary N) is 1. The lowest BCUT2D eigenvalue weighted by Crippen LogP contribution is -2.22. The first-order valence-corrected chi connectivity index (χ1v) is 6.87. The van der Waals surface area contributed by atoms with Crippen molar-refractivity contribution < 1.29 is 9.47 Å². The summed E-state index contributed by atoms with van der Waals surface area (Å²) in [6, 6.07) is 5.12. The van der Waals surface area contributed by atoms with Gasteiger partial charge in [-0.05, 0) is 36.2 Å². The highest BCUT2D eigenvalue weighted by Crippen LogP contribution is 2.39. The average molecular weight is 308 g/mol. The van der Waals surface area contributed by atoms with Crippen LogP contribution in [0.1, 0.15) is 18.0 Å². The quantitative estimate of drug-likeness (QED) is 0.377. The van der Waals surface area contributed by atoms with Crippen LogP contribution in [0.4, 0.5) is 0 Å². The van der Waals surface area contributed by atoms with E-state index in [4.69, 9.17) is 26.6 Å². The third-order valence-electron chi connectivity index (χ3n) is 2.93. The fraction of sp³-hybridized carbons (Fsp3) is 0.462. The Morgan fingerprint density at radius 1 is 1.48 bits per heavy atom. The van der Waals surface area contributed by atoms with Gasteiger partial charge in [-0.3, -0.25) is 5.32 Å². The highest BCUT2D eigenvalue weighted by molar-refractivity contribution is 6.32. The van der Waals surface area contributed by atoms with Crippen LogP contribution in [0, 0.1) is 11.3 Å². The number of rotatable bonds is 6. The van der Waals surface area contributed by atoms with Gasteiger partial charge in [0.2, 0.25) is 0 Å². The summed E-state index contributed by atoms with van der Waals surface area (Å²) in [4.78, 5) is 2.67. The molecule has 1 heterocycles. The molecule has 0 radical (unpaired) electrons. The summed E-state index contributed by atoms with van der Waals surface area (Å²) in [5.74, 6) is 1.08. The van der Waals surface area contributed by atoms with Crippen molar-refractivity contribution in [1.82, 2.24) is 5.32 Å². The van der Waals surface area contributed by atoms with E-state index >= 15 is 0 Å². The highest BCUT2D eigenvalue weighted by atomic mass is 35.5. The Bertz CT molecular complexity index is 595. The van der Waals surface area contributed by atoms with Crippen molar-refractivity contribution in [3.63, 3.8) is 0 Å². The van der Waals surface area contributed by atoms with Gasteiger partial charge in [0.15, 0.2) is 11.5 Å². The molecular weight excluding hydrogens is 294 g/mol. The van der Waals surface area contributed by atoms with Gasteiger partial charge in [-0.2, -0.15) is 5.26 Å². The fourth-order valence-electron chi connectivity index (χ4n) is 1.98. The molecule has 110 valence electrons. The minimum absolute atomic E-state index is 0.392. The van der Waals surface area contributed by atoms with Crippen molar-refractivity contribution in [2.24, 2.45) is 5.11 Å². The van der Waals surface area contributed by atoms with Crippen LogP contribution in [0.2, 0.25) is 5.02 Å². The largest absolute Gasteiger partial charge is 0.486 e. The molecule has 1 aromatic carbocycles. The molecule has 2 rings (SSSR count). The summed E-state index contributed by atoms with van der Waals surface area (Å²) in [5, 5.41) is 16.2. The molecule has 1 aliphatic heterocycles. The molecule has 21 heavy (non-hydrogen) atoms. The maximum atomic E-state index is 9.27. The number of azide groups is 1. The predicted octanol–water partition coefficient (Wildman–Crippen LogP) is 2.97. The van der Waals surface area contributed by atoms with E-state index in [1.54, 1.807) is 12.1 Å². The molecule has 0 saturated heterocycles. The van der Waals surface area contributed by atoms with E-state index in [2.05, 4.69) is 21.4 Å². The molecule has 1 aromatic rings. The predicted molar refractivity (Wildman–Crippen MR) is 77.4 cm³/mol. The van der Waals surface area contributed by atoms with E-state index in [1.807, 2.05) is 0 Å². The number of nitriles is 1.